The van der Waals surface area contributed by atoms with Crippen LogP contribution in [0.15, 0.2) is 48.5 Å². The maximum absolute atomic E-state index is 11.7. The third kappa shape index (κ3) is 7.45. The number of carbonyl (C=O) groups excluding carboxylic acids is 2. The molecule has 2 N–H and O–H groups in total. The van der Waals surface area contributed by atoms with E-state index in [0.717, 1.165) is 5.56 Å². The molecule has 7 heteroatoms. The Balaban J connectivity index is 1.59. The molecule has 2 aromatic carbocycles. The first kappa shape index (κ1) is 19.1. The monoisotopic (exact) mass is 380 g/mol. The molecule has 2 aromatic rings. The van der Waals surface area contributed by atoms with Gasteiger partial charge >= 0.3 is 0 Å². The van der Waals surface area contributed by atoms with Crippen LogP contribution in [-0.4, -0.2) is 31.5 Å². The lowest BCUT2D eigenvalue weighted by Gasteiger charge is -2.08. The van der Waals surface area contributed by atoms with Crippen LogP contribution in [0.4, 0.5) is 0 Å². The Bertz CT molecular complexity index is 703. The molecule has 0 aliphatic heterocycles. The predicted octanol–water partition coefficient (Wildman–Crippen LogP) is 2.85. The second-order valence-electron chi connectivity index (χ2n) is 5.25. The highest BCUT2D eigenvalue weighted by atomic mass is 35.5. The number of hydrogen-bond donors (Lipinski definition) is 2. The smallest absolute Gasteiger partial charge is 0.258 e. The van der Waals surface area contributed by atoms with Gasteiger partial charge in [-0.15, -0.1) is 0 Å². The first-order valence-corrected chi connectivity index (χ1v) is 8.45. The topological polar surface area (TPSA) is 67.4 Å². The molecule has 5 nitrogen and oxygen atoms in total. The predicted molar refractivity (Wildman–Crippen MR) is 98.1 cm³/mol. The molecule has 0 bridgehead atoms. The number of benzene rings is 2. The molecule has 0 radical (unpaired) electrons. The van der Waals surface area contributed by atoms with Crippen molar-refractivity contribution in [3.63, 3.8) is 0 Å². The average Bonchev–Trinajstić information content (AvgIpc) is 2.61. The third-order valence-electron chi connectivity index (χ3n) is 3.28. The summed E-state index contributed by atoms with van der Waals surface area (Å²) in [7, 11) is 0. The molecule has 0 saturated heterocycles. The van der Waals surface area contributed by atoms with E-state index in [0.29, 0.717) is 28.8 Å². The normalized spacial score (nSPS) is 10.2. The third-order valence-corrected chi connectivity index (χ3v) is 3.78. The Morgan fingerprint density at radius 1 is 0.840 bits per heavy atom. The lowest BCUT2D eigenvalue weighted by Crippen LogP contribution is -2.39. The number of hydrogen-bond acceptors (Lipinski definition) is 3. The molecule has 0 atom stereocenters. The van der Waals surface area contributed by atoms with Crippen LogP contribution >= 0.6 is 23.2 Å². The molecule has 0 aliphatic rings. The molecule has 132 valence electrons. The lowest BCUT2D eigenvalue weighted by atomic mass is 10.1. The minimum Gasteiger partial charge on any atom is -0.484 e. The van der Waals surface area contributed by atoms with Gasteiger partial charge in [-0.1, -0.05) is 35.3 Å². The van der Waals surface area contributed by atoms with Crippen molar-refractivity contribution in [1.29, 1.82) is 0 Å². The maximum Gasteiger partial charge on any atom is 0.258 e. The van der Waals surface area contributed by atoms with Crippen LogP contribution in [0.5, 0.6) is 5.75 Å². The second kappa shape index (κ2) is 9.91. The van der Waals surface area contributed by atoms with Crippen LogP contribution < -0.4 is 15.4 Å². The SMILES string of the molecule is O=C(CNC(=O)COc1ccc(Cl)cc1)NCCc1ccc(Cl)cc1. The molecular formula is C18H18Cl2N2O3. The summed E-state index contributed by atoms with van der Waals surface area (Å²) in [5, 5.41) is 6.51. The Morgan fingerprint density at radius 3 is 2.08 bits per heavy atom. The summed E-state index contributed by atoms with van der Waals surface area (Å²) in [5.74, 6) is -0.0939. The largest absolute Gasteiger partial charge is 0.484 e. The van der Waals surface area contributed by atoms with Gasteiger partial charge in [-0.2, -0.15) is 0 Å². The van der Waals surface area contributed by atoms with E-state index in [1.165, 1.54) is 0 Å². The fraction of sp³-hybridized carbons (Fsp3) is 0.222. The standard InChI is InChI=1S/C18H18Cl2N2O3/c19-14-3-1-13(2-4-14)9-10-21-17(23)11-22-18(24)12-25-16-7-5-15(20)6-8-16/h1-8H,9-12H2,(H,21,23)(H,22,24). The van der Waals surface area contributed by atoms with Crippen molar-refractivity contribution < 1.29 is 14.3 Å². The van der Waals surface area contributed by atoms with Crippen molar-refractivity contribution in [3.05, 3.63) is 64.1 Å². The van der Waals surface area contributed by atoms with Crippen molar-refractivity contribution in [2.45, 2.75) is 6.42 Å². The molecule has 2 amide bonds. The van der Waals surface area contributed by atoms with E-state index >= 15 is 0 Å². The van der Waals surface area contributed by atoms with Crippen LogP contribution in [0.2, 0.25) is 10.0 Å². The van der Waals surface area contributed by atoms with Gasteiger partial charge in [0.1, 0.15) is 5.75 Å². The van der Waals surface area contributed by atoms with Gasteiger partial charge in [0.2, 0.25) is 5.91 Å². The van der Waals surface area contributed by atoms with E-state index in [-0.39, 0.29) is 25.0 Å². The van der Waals surface area contributed by atoms with E-state index in [1.54, 1.807) is 36.4 Å². The Kier molecular flexibility index (Phi) is 7.57. The van der Waals surface area contributed by atoms with Crippen LogP contribution in [0.1, 0.15) is 5.56 Å². The Hall–Kier alpha value is -2.24. The highest BCUT2D eigenvalue weighted by molar-refractivity contribution is 6.30. The van der Waals surface area contributed by atoms with Gasteiger partial charge in [0.25, 0.3) is 5.91 Å². The van der Waals surface area contributed by atoms with Crippen molar-refractivity contribution in [3.8, 4) is 5.75 Å². The number of carbonyl (C=O) groups is 2. The van der Waals surface area contributed by atoms with Gasteiger partial charge in [-0.05, 0) is 48.4 Å². The van der Waals surface area contributed by atoms with Gasteiger partial charge < -0.3 is 15.4 Å². The summed E-state index contributed by atoms with van der Waals surface area (Å²) >= 11 is 11.6. The van der Waals surface area contributed by atoms with Gasteiger partial charge in [0.05, 0.1) is 6.54 Å². The Morgan fingerprint density at radius 2 is 1.44 bits per heavy atom. The minimum absolute atomic E-state index is 0.0938. The summed E-state index contributed by atoms with van der Waals surface area (Å²) < 4.78 is 5.29. The number of halogens is 2. The minimum atomic E-state index is -0.372. The van der Waals surface area contributed by atoms with E-state index in [1.807, 2.05) is 12.1 Å². The second-order valence-corrected chi connectivity index (χ2v) is 6.12. The molecule has 0 aliphatic carbocycles. The highest BCUT2D eigenvalue weighted by Gasteiger charge is 2.06. The van der Waals surface area contributed by atoms with Crippen LogP contribution in [0.25, 0.3) is 0 Å². The fourth-order valence-corrected chi connectivity index (χ4v) is 2.22. The zero-order chi connectivity index (χ0) is 18.1. The zero-order valence-electron chi connectivity index (χ0n) is 13.4. The average molecular weight is 381 g/mol. The zero-order valence-corrected chi connectivity index (χ0v) is 14.9. The maximum atomic E-state index is 11.7. The van der Waals surface area contributed by atoms with Crippen molar-refractivity contribution in [1.82, 2.24) is 10.6 Å². The van der Waals surface area contributed by atoms with Crippen LogP contribution in [-0.2, 0) is 16.0 Å². The summed E-state index contributed by atoms with van der Waals surface area (Å²) in [6, 6.07) is 14.1. The molecule has 2 rings (SSSR count). The van der Waals surface area contributed by atoms with Crippen LogP contribution in [0.3, 0.4) is 0 Å². The first-order valence-electron chi connectivity index (χ1n) is 7.69. The molecule has 0 heterocycles. The quantitative estimate of drug-likeness (QED) is 0.739. The molecule has 25 heavy (non-hydrogen) atoms. The van der Waals surface area contributed by atoms with E-state index in [4.69, 9.17) is 27.9 Å². The van der Waals surface area contributed by atoms with Gasteiger partial charge in [-0.3, -0.25) is 9.59 Å². The molecule has 0 aromatic heterocycles. The van der Waals surface area contributed by atoms with Gasteiger partial charge in [0, 0.05) is 16.6 Å². The summed E-state index contributed by atoms with van der Waals surface area (Å²) in [5.41, 5.74) is 1.07. The molecule has 0 saturated carbocycles. The molecular weight excluding hydrogens is 363 g/mol. The van der Waals surface area contributed by atoms with Crippen LogP contribution in [0, 0.1) is 0 Å². The molecule has 0 spiro atoms. The number of rotatable bonds is 8. The van der Waals surface area contributed by atoms with E-state index in [9.17, 15) is 9.59 Å². The molecule has 0 unspecified atom stereocenters. The summed E-state index contributed by atoms with van der Waals surface area (Å²) in [6.45, 7) is 0.223. The number of nitrogens with one attached hydrogen (secondary N) is 2. The fourth-order valence-electron chi connectivity index (χ4n) is 1.97. The number of ether oxygens (including phenoxy) is 1. The van der Waals surface area contributed by atoms with Crippen molar-refractivity contribution in [2.24, 2.45) is 0 Å². The first-order chi connectivity index (χ1) is 12.0. The van der Waals surface area contributed by atoms with Gasteiger partial charge in [0.15, 0.2) is 6.61 Å². The highest BCUT2D eigenvalue weighted by Crippen LogP contribution is 2.15. The Labute approximate surface area is 156 Å². The van der Waals surface area contributed by atoms with Crippen molar-refractivity contribution >= 4 is 35.0 Å². The number of amides is 2. The van der Waals surface area contributed by atoms with Gasteiger partial charge in [-0.25, -0.2) is 0 Å². The lowest BCUT2D eigenvalue weighted by molar-refractivity contribution is -0.127. The van der Waals surface area contributed by atoms with E-state index < -0.39 is 0 Å². The summed E-state index contributed by atoms with van der Waals surface area (Å²) in [4.78, 5) is 23.4. The molecule has 0 fully saturated rings. The summed E-state index contributed by atoms with van der Waals surface area (Å²) in [6.07, 6.45) is 0.691. The van der Waals surface area contributed by atoms with E-state index in [2.05, 4.69) is 10.6 Å². The van der Waals surface area contributed by atoms with Crippen molar-refractivity contribution in [2.75, 3.05) is 19.7 Å².